The van der Waals surface area contributed by atoms with Gasteiger partial charge in [-0.05, 0) is 37.5 Å². The maximum Gasteiger partial charge on any atom is 0.387 e. The minimum absolute atomic E-state index is 0. The Morgan fingerprint density at radius 3 is 2.62 bits per heavy atom. The quantitative estimate of drug-likeness (QED) is 0.269. The summed E-state index contributed by atoms with van der Waals surface area (Å²) in [5, 5.41) is 6.53. The van der Waals surface area contributed by atoms with Crippen molar-refractivity contribution in [1.82, 2.24) is 10.6 Å². The molecule has 0 amide bonds. The second-order valence-electron chi connectivity index (χ2n) is 7.30. The fourth-order valence-electron chi connectivity index (χ4n) is 3.71. The zero-order valence-corrected chi connectivity index (χ0v) is 20.7. The largest absolute Gasteiger partial charge is 0.490 e. The van der Waals surface area contributed by atoms with Gasteiger partial charge in [-0.1, -0.05) is 30.3 Å². The van der Waals surface area contributed by atoms with Crippen molar-refractivity contribution in [1.29, 1.82) is 0 Å². The summed E-state index contributed by atoms with van der Waals surface area (Å²) >= 11 is 0. The Morgan fingerprint density at radius 1 is 1.16 bits per heavy atom. The number of ether oxygens (including phenoxy) is 2. The molecule has 9 heteroatoms. The number of nitrogens with zero attached hydrogens (tertiary/aromatic N) is 2. The van der Waals surface area contributed by atoms with Crippen molar-refractivity contribution in [2.45, 2.75) is 26.5 Å². The average Bonchev–Trinajstić information content (AvgIpc) is 3.25. The molecule has 6 nitrogen and oxygen atoms in total. The summed E-state index contributed by atoms with van der Waals surface area (Å²) in [6.45, 7) is 2.31. The lowest BCUT2D eigenvalue weighted by Crippen LogP contribution is -2.40. The van der Waals surface area contributed by atoms with Crippen LogP contribution in [0, 0.1) is 5.92 Å². The van der Waals surface area contributed by atoms with Crippen molar-refractivity contribution in [3.8, 4) is 11.5 Å². The van der Waals surface area contributed by atoms with E-state index in [0.717, 1.165) is 26.1 Å². The fourth-order valence-corrected chi connectivity index (χ4v) is 3.71. The van der Waals surface area contributed by atoms with Crippen LogP contribution in [0.4, 0.5) is 14.5 Å². The van der Waals surface area contributed by atoms with Crippen LogP contribution in [0.5, 0.6) is 11.5 Å². The van der Waals surface area contributed by atoms with Crippen LogP contribution in [0.25, 0.3) is 0 Å². The van der Waals surface area contributed by atoms with E-state index in [9.17, 15) is 8.78 Å². The highest BCUT2D eigenvalue weighted by atomic mass is 127. The van der Waals surface area contributed by atoms with Crippen molar-refractivity contribution in [3.63, 3.8) is 0 Å². The van der Waals surface area contributed by atoms with Gasteiger partial charge in [0.15, 0.2) is 17.5 Å². The lowest BCUT2D eigenvalue weighted by Gasteiger charge is -2.20. The Hall–Kier alpha value is -2.30. The summed E-state index contributed by atoms with van der Waals surface area (Å²) in [6.07, 6.45) is 1.10. The number of halogens is 3. The summed E-state index contributed by atoms with van der Waals surface area (Å²) in [6, 6.07) is 15.5. The minimum atomic E-state index is -2.92. The molecule has 3 rings (SSSR count). The van der Waals surface area contributed by atoms with E-state index in [1.165, 1.54) is 5.69 Å². The molecule has 1 aliphatic rings. The van der Waals surface area contributed by atoms with Gasteiger partial charge in [0.05, 0.1) is 6.61 Å². The molecule has 2 N–H and O–H groups in total. The molecule has 176 valence electrons. The number of aliphatic imine (C=N–C) groups is 1. The molecule has 1 atom stereocenters. The molecule has 0 aliphatic carbocycles. The zero-order valence-electron chi connectivity index (χ0n) is 18.4. The number of hydrogen-bond donors (Lipinski definition) is 2. The molecule has 0 spiro atoms. The number of hydrogen-bond acceptors (Lipinski definition) is 4. The normalized spacial score (nSPS) is 16.0. The van der Waals surface area contributed by atoms with Gasteiger partial charge in [-0.3, -0.25) is 4.99 Å². The fraction of sp³-hybridized carbons (Fsp3) is 0.435. The number of para-hydroxylation sites is 2. The highest BCUT2D eigenvalue weighted by molar-refractivity contribution is 14.0. The first-order valence-corrected chi connectivity index (χ1v) is 10.5. The molecule has 1 fully saturated rings. The van der Waals surface area contributed by atoms with Crippen molar-refractivity contribution < 1.29 is 18.3 Å². The van der Waals surface area contributed by atoms with Gasteiger partial charge < -0.3 is 25.0 Å². The Morgan fingerprint density at radius 2 is 1.94 bits per heavy atom. The van der Waals surface area contributed by atoms with Crippen molar-refractivity contribution in [2.75, 3.05) is 38.2 Å². The maximum absolute atomic E-state index is 12.9. The van der Waals surface area contributed by atoms with E-state index in [2.05, 4.69) is 44.8 Å². The van der Waals surface area contributed by atoms with Crippen LogP contribution in [0.15, 0.2) is 53.5 Å². The second kappa shape index (κ2) is 13.3. The predicted molar refractivity (Wildman–Crippen MR) is 135 cm³/mol. The number of rotatable bonds is 9. The van der Waals surface area contributed by atoms with E-state index >= 15 is 0 Å². The van der Waals surface area contributed by atoms with Crippen LogP contribution in [-0.2, 0) is 6.54 Å². The minimum Gasteiger partial charge on any atom is -0.490 e. The number of nitrogens with one attached hydrogen (secondary N) is 2. The molecule has 0 aromatic heterocycles. The van der Waals surface area contributed by atoms with Crippen LogP contribution < -0.4 is 25.0 Å². The number of alkyl halides is 2. The molecular formula is C23H31F2IN4O2. The second-order valence-corrected chi connectivity index (χ2v) is 7.30. The number of guanidine groups is 1. The lowest BCUT2D eigenvalue weighted by molar-refractivity contribution is -0.0520. The van der Waals surface area contributed by atoms with E-state index in [0.29, 0.717) is 29.8 Å². The third-order valence-electron chi connectivity index (χ3n) is 5.20. The highest BCUT2D eigenvalue weighted by Crippen LogP contribution is 2.32. The van der Waals surface area contributed by atoms with Gasteiger partial charge >= 0.3 is 6.61 Å². The first-order chi connectivity index (χ1) is 15.1. The molecule has 0 bridgehead atoms. The van der Waals surface area contributed by atoms with E-state index in [1.807, 2.05) is 6.07 Å². The van der Waals surface area contributed by atoms with E-state index in [-0.39, 0.29) is 36.3 Å². The molecule has 0 radical (unpaired) electrons. The summed E-state index contributed by atoms with van der Waals surface area (Å²) in [5.74, 6) is 1.47. The van der Waals surface area contributed by atoms with Gasteiger partial charge in [0, 0.05) is 44.5 Å². The predicted octanol–water partition coefficient (Wildman–Crippen LogP) is 4.50. The van der Waals surface area contributed by atoms with Crippen LogP contribution in [0.3, 0.4) is 0 Å². The van der Waals surface area contributed by atoms with Gasteiger partial charge in [0.1, 0.15) is 0 Å². The van der Waals surface area contributed by atoms with Gasteiger partial charge in [0.2, 0.25) is 0 Å². The first kappa shape index (κ1) is 26.0. The van der Waals surface area contributed by atoms with Crippen LogP contribution >= 0.6 is 24.0 Å². The van der Waals surface area contributed by atoms with Crippen molar-refractivity contribution in [2.24, 2.45) is 10.9 Å². The van der Waals surface area contributed by atoms with E-state index in [4.69, 9.17) is 9.47 Å². The van der Waals surface area contributed by atoms with Gasteiger partial charge in [-0.15, -0.1) is 24.0 Å². The summed E-state index contributed by atoms with van der Waals surface area (Å²) < 4.78 is 36.0. The van der Waals surface area contributed by atoms with Crippen molar-refractivity contribution in [3.05, 3.63) is 54.1 Å². The third kappa shape index (κ3) is 7.39. The van der Waals surface area contributed by atoms with E-state index in [1.54, 1.807) is 32.2 Å². The van der Waals surface area contributed by atoms with Gasteiger partial charge in [-0.25, -0.2) is 0 Å². The standard InChI is InChI=1S/C23H30F2N4O2.HI/c1-3-30-20-11-7-8-18(21(20)31-22(24)25)15-28-23(26-2)27-14-17-12-13-29(16-17)19-9-5-4-6-10-19;/h4-11,17,22H,3,12-16H2,1-2H3,(H2,26,27,28);1H. The molecule has 2 aromatic rings. The summed E-state index contributed by atoms with van der Waals surface area (Å²) in [7, 11) is 1.69. The van der Waals surface area contributed by atoms with Crippen molar-refractivity contribution >= 4 is 35.6 Å². The SMILES string of the molecule is CCOc1cccc(CNC(=NC)NCC2CCN(c3ccccc3)C2)c1OC(F)F.I. The molecule has 1 aliphatic heterocycles. The highest BCUT2D eigenvalue weighted by Gasteiger charge is 2.23. The van der Waals surface area contributed by atoms with Crippen LogP contribution in [0.1, 0.15) is 18.9 Å². The molecular weight excluding hydrogens is 529 g/mol. The molecule has 32 heavy (non-hydrogen) atoms. The molecule has 0 saturated carbocycles. The maximum atomic E-state index is 12.9. The number of anilines is 1. The molecule has 2 aromatic carbocycles. The summed E-state index contributed by atoms with van der Waals surface area (Å²) in [4.78, 5) is 6.64. The monoisotopic (exact) mass is 560 g/mol. The smallest absolute Gasteiger partial charge is 0.387 e. The first-order valence-electron chi connectivity index (χ1n) is 10.5. The van der Waals surface area contributed by atoms with Crippen LogP contribution in [-0.4, -0.2) is 45.9 Å². The zero-order chi connectivity index (χ0) is 22.1. The lowest BCUT2D eigenvalue weighted by atomic mass is 10.1. The topological polar surface area (TPSA) is 58.1 Å². The Bertz CT molecular complexity index is 855. The van der Waals surface area contributed by atoms with Gasteiger partial charge in [-0.2, -0.15) is 8.78 Å². The van der Waals surface area contributed by atoms with E-state index < -0.39 is 6.61 Å². The summed E-state index contributed by atoms with van der Waals surface area (Å²) in [5.41, 5.74) is 1.82. The Balaban J connectivity index is 0.00000363. The molecule has 1 unspecified atom stereocenters. The van der Waals surface area contributed by atoms with Crippen LogP contribution in [0.2, 0.25) is 0 Å². The molecule has 1 saturated heterocycles. The Kier molecular flexibility index (Phi) is 10.8. The average molecular weight is 560 g/mol. The molecule has 1 heterocycles. The van der Waals surface area contributed by atoms with Gasteiger partial charge in [0.25, 0.3) is 0 Å². The Labute approximate surface area is 205 Å². The number of benzene rings is 2. The third-order valence-corrected chi connectivity index (χ3v) is 5.20.